The molecule has 0 aliphatic carbocycles. The molecule has 1 aromatic carbocycles. The quantitative estimate of drug-likeness (QED) is 0.495. The molecule has 7 heteroatoms. The standard InChI is InChI=1S/C22H21N5O2/c1-3-16-10-19(27(4-2)26-16)20(28)18-12-25-22-17(18)9-15(11-24-22)13-6-5-7-14(8-13)21(23)29/h5-12H,3-4H2,1-2H3,(H2,23,29)(H,24,25). The van der Waals surface area contributed by atoms with Crippen LogP contribution in [-0.4, -0.2) is 31.4 Å². The number of hydrogen-bond acceptors (Lipinski definition) is 4. The van der Waals surface area contributed by atoms with E-state index in [2.05, 4.69) is 15.1 Å². The molecule has 0 saturated carbocycles. The first-order chi connectivity index (χ1) is 14.0. The second kappa shape index (κ2) is 7.35. The van der Waals surface area contributed by atoms with Gasteiger partial charge < -0.3 is 10.7 Å². The maximum absolute atomic E-state index is 13.3. The number of primary amides is 1. The van der Waals surface area contributed by atoms with Crippen LogP contribution in [0.1, 0.15) is 46.0 Å². The molecule has 0 radical (unpaired) electrons. The number of rotatable bonds is 6. The highest BCUT2D eigenvalue weighted by Crippen LogP contribution is 2.27. The summed E-state index contributed by atoms with van der Waals surface area (Å²) in [5.74, 6) is -0.590. The number of ketones is 1. The van der Waals surface area contributed by atoms with Crippen molar-refractivity contribution in [1.29, 1.82) is 0 Å². The van der Waals surface area contributed by atoms with Gasteiger partial charge in [0.15, 0.2) is 0 Å². The van der Waals surface area contributed by atoms with Gasteiger partial charge in [0.25, 0.3) is 0 Å². The number of carbonyl (C=O) groups excluding carboxylic acids is 2. The van der Waals surface area contributed by atoms with Crippen LogP contribution in [0.25, 0.3) is 22.2 Å². The molecule has 0 aliphatic heterocycles. The van der Waals surface area contributed by atoms with Crippen LogP contribution in [0.3, 0.4) is 0 Å². The lowest BCUT2D eigenvalue weighted by Crippen LogP contribution is -2.10. The van der Waals surface area contributed by atoms with Crippen molar-refractivity contribution in [3.63, 3.8) is 0 Å². The molecule has 0 atom stereocenters. The molecule has 0 fully saturated rings. The van der Waals surface area contributed by atoms with Gasteiger partial charge in [-0.1, -0.05) is 19.1 Å². The van der Waals surface area contributed by atoms with Gasteiger partial charge in [-0.2, -0.15) is 5.10 Å². The van der Waals surface area contributed by atoms with Gasteiger partial charge in [-0.25, -0.2) is 4.98 Å². The Balaban J connectivity index is 1.80. The fourth-order valence-electron chi connectivity index (χ4n) is 3.41. The summed E-state index contributed by atoms with van der Waals surface area (Å²) in [6.07, 6.45) is 4.16. The summed E-state index contributed by atoms with van der Waals surface area (Å²) < 4.78 is 1.73. The number of benzene rings is 1. The van der Waals surface area contributed by atoms with Gasteiger partial charge in [0.1, 0.15) is 11.3 Å². The predicted molar refractivity (Wildman–Crippen MR) is 111 cm³/mol. The zero-order valence-electron chi connectivity index (χ0n) is 16.3. The highest BCUT2D eigenvalue weighted by molar-refractivity contribution is 6.15. The van der Waals surface area contributed by atoms with Crippen molar-refractivity contribution in [3.05, 3.63) is 71.3 Å². The number of aromatic nitrogens is 4. The summed E-state index contributed by atoms with van der Waals surface area (Å²) in [6, 6.07) is 10.8. The number of amides is 1. The Hall–Kier alpha value is -3.74. The molecule has 1 amide bonds. The van der Waals surface area contributed by atoms with E-state index in [0.29, 0.717) is 29.0 Å². The summed E-state index contributed by atoms with van der Waals surface area (Å²) in [4.78, 5) is 32.3. The average Bonchev–Trinajstić information content (AvgIpc) is 3.36. The van der Waals surface area contributed by atoms with E-state index in [4.69, 9.17) is 5.73 Å². The number of aryl methyl sites for hydroxylation is 2. The lowest BCUT2D eigenvalue weighted by Gasteiger charge is -2.05. The number of fused-ring (bicyclic) bond motifs is 1. The van der Waals surface area contributed by atoms with Crippen molar-refractivity contribution >= 4 is 22.7 Å². The van der Waals surface area contributed by atoms with Crippen LogP contribution in [0.4, 0.5) is 0 Å². The van der Waals surface area contributed by atoms with Crippen molar-refractivity contribution < 1.29 is 9.59 Å². The first kappa shape index (κ1) is 18.6. The average molecular weight is 387 g/mol. The number of nitrogens with two attached hydrogens (primary N) is 1. The van der Waals surface area contributed by atoms with Crippen molar-refractivity contribution in [3.8, 4) is 11.1 Å². The SMILES string of the molecule is CCc1cc(C(=O)c2c[nH]c3ncc(-c4cccc(C(N)=O)c4)cc23)n(CC)n1. The zero-order valence-corrected chi connectivity index (χ0v) is 16.3. The van der Waals surface area contributed by atoms with E-state index in [1.807, 2.05) is 32.0 Å². The molecule has 7 nitrogen and oxygen atoms in total. The second-order valence-electron chi connectivity index (χ2n) is 6.79. The van der Waals surface area contributed by atoms with E-state index in [1.165, 1.54) is 0 Å². The molecule has 4 rings (SSSR count). The molecule has 0 unspecified atom stereocenters. The molecule has 0 saturated heterocycles. The number of aromatic amines is 1. The van der Waals surface area contributed by atoms with Crippen molar-refractivity contribution in [2.24, 2.45) is 5.73 Å². The van der Waals surface area contributed by atoms with Crippen LogP contribution >= 0.6 is 0 Å². The number of nitrogens with one attached hydrogen (secondary N) is 1. The Bertz CT molecular complexity index is 1240. The van der Waals surface area contributed by atoms with E-state index in [-0.39, 0.29) is 5.78 Å². The minimum Gasteiger partial charge on any atom is -0.366 e. The van der Waals surface area contributed by atoms with E-state index < -0.39 is 5.91 Å². The molecular weight excluding hydrogens is 366 g/mol. The first-order valence-corrected chi connectivity index (χ1v) is 9.50. The number of hydrogen-bond donors (Lipinski definition) is 2. The fourth-order valence-corrected chi connectivity index (χ4v) is 3.41. The Morgan fingerprint density at radius 2 is 1.97 bits per heavy atom. The molecule has 4 aromatic rings. The first-order valence-electron chi connectivity index (χ1n) is 9.50. The van der Waals surface area contributed by atoms with Crippen molar-refractivity contribution in [1.82, 2.24) is 19.7 Å². The fraction of sp³-hybridized carbons (Fsp3) is 0.182. The van der Waals surface area contributed by atoms with Crippen molar-refractivity contribution in [2.75, 3.05) is 0 Å². The zero-order chi connectivity index (χ0) is 20.5. The Kier molecular flexibility index (Phi) is 4.72. The molecule has 3 heterocycles. The van der Waals surface area contributed by atoms with Crippen LogP contribution in [0.15, 0.2) is 48.8 Å². The maximum atomic E-state index is 13.3. The molecule has 0 aliphatic rings. The summed E-state index contributed by atoms with van der Waals surface area (Å²) in [6.45, 7) is 4.59. The highest BCUT2D eigenvalue weighted by Gasteiger charge is 2.20. The van der Waals surface area contributed by atoms with Crippen LogP contribution in [0, 0.1) is 0 Å². The van der Waals surface area contributed by atoms with Crippen LogP contribution < -0.4 is 5.73 Å². The second-order valence-corrected chi connectivity index (χ2v) is 6.79. The maximum Gasteiger partial charge on any atom is 0.248 e. The number of H-pyrrole nitrogens is 1. The van der Waals surface area contributed by atoms with Crippen molar-refractivity contribution in [2.45, 2.75) is 26.8 Å². The summed E-state index contributed by atoms with van der Waals surface area (Å²) in [7, 11) is 0. The van der Waals surface area contributed by atoms with Gasteiger partial charge in [-0.05, 0) is 43.2 Å². The molecule has 0 spiro atoms. The minimum absolute atomic E-state index is 0.102. The molecule has 29 heavy (non-hydrogen) atoms. The third kappa shape index (κ3) is 3.31. The van der Waals surface area contributed by atoms with E-state index in [1.54, 1.807) is 35.3 Å². The van der Waals surface area contributed by atoms with Crippen LogP contribution in [-0.2, 0) is 13.0 Å². The molecule has 3 aromatic heterocycles. The monoisotopic (exact) mass is 387 g/mol. The minimum atomic E-state index is -0.488. The van der Waals surface area contributed by atoms with Crippen LogP contribution in [0.5, 0.6) is 0 Å². The Labute approximate surface area is 167 Å². The van der Waals surface area contributed by atoms with Gasteiger partial charge in [0, 0.05) is 35.5 Å². The van der Waals surface area contributed by atoms with Gasteiger partial charge in [-0.3, -0.25) is 14.3 Å². The smallest absolute Gasteiger partial charge is 0.248 e. The predicted octanol–water partition coefficient (Wildman–Crippen LogP) is 3.34. The summed E-state index contributed by atoms with van der Waals surface area (Å²) in [5, 5.41) is 5.20. The lowest BCUT2D eigenvalue weighted by molar-refractivity contribution is 0.0998. The van der Waals surface area contributed by atoms with E-state index >= 15 is 0 Å². The molecule has 3 N–H and O–H groups in total. The number of carbonyl (C=O) groups is 2. The normalized spacial score (nSPS) is 11.1. The molecule has 146 valence electrons. The van der Waals surface area contributed by atoms with Gasteiger partial charge in [0.2, 0.25) is 11.7 Å². The van der Waals surface area contributed by atoms with Gasteiger partial charge in [-0.15, -0.1) is 0 Å². The van der Waals surface area contributed by atoms with E-state index in [9.17, 15) is 9.59 Å². The third-order valence-corrected chi connectivity index (χ3v) is 4.98. The van der Waals surface area contributed by atoms with Gasteiger partial charge >= 0.3 is 0 Å². The highest BCUT2D eigenvalue weighted by atomic mass is 16.1. The number of nitrogens with zero attached hydrogens (tertiary/aromatic N) is 3. The molecule has 0 bridgehead atoms. The van der Waals surface area contributed by atoms with Crippen LogP contribution in [0.2, 0.25) is 0 Å². The topological polar surface area (TPSA) is 107 Å². The van der Waals surface area contributed by atoms with E-state index in [0.717, 1.165) is 28.6 Å². The number of pyridine rings is 1. The largest absolute Gasteiger partial charge is 0.366 e. The third-order valence-electron chi connectivity index (χ3n) is 4.98. The Morgan fingerprint density at radius 1 is 1.14 bits per heavy atom. The summed E-state index contributed by atoms with van der Waals surface area (Å²) in [5.41, 5.74) is 10.0. The lowest BCUT2D eigenvalue weighted by atomic mass is 10.0. The summed E-state index contributed by atoms with van der Waals surface area (Å²) >= 11 is 0. The van der Waals surface area contributed by atoms with Gasteiger partial charge in [0.05, 0.1) is 11.3 Å². The molecular formula is C22H21N5O2. The Morgan fingerprint density at radius 3 is 2.69 bits per heavy atom.